The van der Waals surface area contributed by atoms with Gasteiger partial charge in [0.1, 0.15) is 6.07 Å². The first-order valence-corrected chi connectivity index (χ1v) is 9.89. The summed E-state index contributed by atoms with van der Waals surface area (Å²) < 4.78 is 1.99. The van der Waals surface area contributed by atoms with Crippen LogP contribution in [-0.2, 0) is 4.79 Å². The van der Waals surface area contributed by atoms with Crippen LogP contribution in [0.1, 0.15) is 36.8 Å². The van der Waals surface area contributed by atoms with Gasteiger partial charge in [-0.1, -0.05) is 36.7 Å². The third-order valence-corrected chi connectivity index (χ3v) is 5.93. The number of aromatic nitrogens is 2. The highest BCUT2D eigenvalue weighted by atomic mass is 32.2. The number of imidazole rings is 1. The SMILES string of the molecule is Cc1cc(SCC(=O)NC2CCCC2)n2c(nc3ccccc32)c1C#N. The largest absolute Gasteiger partial charge is 0.353 e. The molecule has 26 heavy (non-hydrogen) atoms. The molecule has 6 heteroatoms. The maximum atomic E-state index is 12.3. The van der Waals surface area contributed by atoms with E-state index in [9.17, 15) is 10.1 Å². The number of rotatable bonds is 4. The number of benzene rings is 1. The third-order valence-electron chi connectivity index (χ3n) is 4.92. The van der Waals surface area contributed by atoms with Crippen LogP contribution in [0, 0.1) is 18.3 Å². The Morgan fingerprint density at radius 2 is 2.15 bits per heavy atom. The van der Waals surface area contributed by atoms with E-state index in [1.807, 2.05) is 41.7 Å². The number of carbonyl (C=O) groups is 1. The summed E-state index contributed by atoms with van der Waals surface area (Å²) in [5, 5.41) is 13.6. The Balaban J connectivity index is 1.68. The fourth-order valence-corrected chi connectivity index (χ4v) is 4.57. The summed E-state index contributed by atoms with van der Waals surface area (Å²) in [6, 6.07) is 12.4. The summed E-state index contributed by atoms with van der Waals surface area (Å²) in [7, 11) is 0. The number of hydrogen-bond acceptors (Lipinski definition) is 4. The molecular formula is C20H20N4OS. The van der Waals surface area contributed by atoms with Crippen LogP contribution in [0.15, 0.2) is 35.4 Å². The van der Waals surface area contributed by atoms with Gasteiger partial charge in [0.05, 0.1) is 27.4 Å². The molecule has 1 N–H and O–H groups in total. The highest BCUT2D eigenvalue weighted by molar-refractivity contribution is 7.99. The summed E-state index contributed by atoms with van der Waals surface area (Å²) in [5.41, 5.74) is 3.94. The van der Waals surface area contributed by atoms with Crippen LogP contribution in [0.25, 0.3) is 16.7 Å². The van der Waals surface area contributed by atoms with Crippen LogP contribution in [0.2, 0.25) is 0 Å². The lowest BCUT2D eigenvalue weighted by atomic mass is 10.2. The minimum Gasteiger partial charge on any atom is -0.353 e. The van der Waals surface area contributed by atoms with Gasteiger partial charge in [-0.25, -0.2) is 4.98 Å². The number of thioether (sulfide) groups is 1. The fraction of sp³-hybridized carbons (Fsp3) is 0.350. The van der Waals surface area contributed by atoms with Crippen molar-refractivity contribution in [1.29, 1.82) is 5.26 Å². The van der Waals surface area contributed by atoms with Gasteiger partial charge in [-0.3, -0.25) is 9.20 Å². The van der Waals surface area contributed by atoms with Crippen LogP contribution in [0.5, 0.6) is 0 Å². The van der Waals surface area contributed by atoms with E-state index in [2.05, 4.69) is 16.4 Å². The van der Waals surface area contributed by atoms with E-state index >= 15 is 0 Å². The quantitative estimate of drug-likeness (QED) is 0.715. The number of fused-ring (bicyclic) bond motifs is 3. The van der Waals surface area contributed by atoms with Crippen molar-refractivity contribution in [3.05, 3.63) is 41.5 Å². The van der Waals surface area contributed by atoms with Crippen LogP contribution >= 0.6 is 11.8 Å². The Hall–Kier alpha value is -2.52. The molecule has 0 saturated heterocycles. The molecule has 0 unspecified atom stereocenters. The molecule has 1 saturated carbocycles. The molecule has 0 radical (unpaired) electrons. The number of para-hydroxylation sites is 2. The number of pyridine rings is 1. The second-order valence-electron chi connectivity index (χ2n) is 6.75. The molecule has 2 aromatic heterocycles. The summed E-state index contributed by atoms with van der Waals surface area (Å²) in [5.74, 6) is 0.435. The first kappa shape index (κ1) is 16.9. The molecule has 1 fully saturated rings. The minimum atomic E-state index is 0.0708. The average molecular weight is 364 g/mol. The second kappa shape index (κ2) is 7.00. The van der Waals surface area contributed by atoms with Gasteiger partial charge >= 0.3 is 0 Å². The first-order chi connectivity index (χ1) is 12.7. The van der Waals surface area contributed by atoms with Crippen LogP contribution in [0.3, 0.4) is 0 Å². The normalized spacial score (nSPS) is 14.8. The third kappa shape index (κ3) is 3.04. The fourth-order valence-electron chi connectivity index (χ4n) is 3.64. The van der Waals surface area contributed by atoms with E-state index in [-0.39, 0.29) is 5.91 Å². The van der Waals surface area contributed by atoms with Crippen LogP contribution in [0.4, 0.5) is 0 Å². The number of nitriles is 1. The molecule has 1 aromatic carbocycles. The average Bonchev–Trinajstić information content (AvgIpc) is 3.27. The second-order valence-corrected chi connectivity index (χ2v) is 7.75. The summed E-state index contributed by atoms with van der Waals surface area (Å²) in [6.07, 6.45) is 4.58. The van der Waals surface area contributed by atoms with E-state index in [0.29, 0.717) is 23.0 Å². The molecule has 5 nitrogen and oxygen atoms in total. The maximum absolute atomic E-state index is 12.3. The number of nitrogens with zero attached hydrogens (tertiary/aromatic N) is 3. The van der Waals surface area contributed by atoms with E-state index in [0.717, 1.165) is 34.5 Å². The van der Waals surface area contributed by atoms with Gasteiger partial charge in [0.2, 0.25) is 5.91 Å². The zero-order valence-corrected chi connectivity index (χ0v) is 15.5. The molecule has 4 rings (SSSR count). The van der Waals surface area contributed by atoms with E-state index in [4.69, 9.17) is 0 Å². The number of carbonyl (C=O) groups excluding carboxylic acids is 1. The van der Waals surface area contributed by atoms with Crippen molar-refractivity contribution in [2.75, 3.05) is 5.75 Å². The van der Waals surface area contributed by atoms with Gasteiger partial charge in [0.15, 0.2) is 5.65 Å². The molecule has 132 valence electrons. The minimum absolute atomic E-state index is 0.0708. The smallest absolute Gasteiger partial charge is 0.230 e. The van der Waals surface area contributed by atoms with Crippen molar-refractivity contribution < 1.29 is 4.79 Å². The predicted octanol–water partition coefficient (Wildman–Crippen LogP) is 3.82. The highest BCUT2D eigenvalue weighted by Gasteiger charge is 2.19. The van der Waals surface area contributed by atoms with Gasteiger partial charge < -0.3 is 5.32 Å². The van der Waals surface area contributed by atoms with Gasteiger partial charge in [0, 0.05) is 6.04 Å². The molecular weight excluding hydrogens is 344 g/mol. The monoisotopic (exact) mass is 364 g/mol. The Morgan fingerprint density at radius 3 is 2.92 bits per heavy atom. The number of nitrogens with one attached hydrogen (secondary N) is 1. The molecule has 0 aliphatic heterocycles. The Kier molecular flexibility index (Phi) is 4.56. The van der Waals surface area contributed by atoms with Gasteiger partial charge in [0.25, 0.3) is 0 Å². The van der Waals surface area contributed by atoms with E-state index < -0.39 is 0 Å². The number of aryl methyl sites for hydroxylation is 1. The molecule has 0 spiro atoms. The summed E-state index contributed by atoms with van der Waals surface area (Å²) in [4.78, 5) is 17.0. The Labute approximate surface area is 156 Å². The van der Waals surface area contributed by atoms with Crippen LogP contribution < -0.4 is 5.32 Å². The Morgan fingerprint density at radius 1 is 1.38 bits per heavy atom. The standard InChI is InChI=1S/C20H20N4OS/c1-13-10-19(26-12-18(25)22-14-6-2-3-7-14)24-17-9-5-4-8-16(17)23-20(24)15(13)11-21/h4-5,8-10,14H,2-3,6-7,12H2,1H3,(H,22,25). The molecule has 0 atom stereocenters. The molecule has 1 aliphatic rings. The molecule has 0 bridgehead atoms. The summed E-state index contributed by atoms with van der Waals surface area (Å²) in [6.45, 7) is 1.92. The maximum Gasteiger partial charge on any atom is 0.230 e. The van der Waals surface area contributed by atoms with E-state index in [1.165, 1.54) is 24.6 Å². The van der Waals surface area contributed by atoms with Crippen molar-refractivity contribution in [3.8, 4) is 6.07 Å². The molecule has 2 heterocycles. The molecule has 1 amide bonds. The number of amides is 1. The molecule has 1 aliphatic carbocycles. The van der Waals surface area contributed by atoms with Gasteiger partial charge in [-0.2, -0.15) is 5.26 Å². The summed E-state index contributed by atoms with van der Waals surface area (Å²) >= 11 is 1.50. The predicted molar refractivity (Wildman–Crippen MR) is 103 cm³/mol. The first-order valence-electron chi connectivity index (χ1n) is 8.90. The van der Waals surface area contributed by atoms with Gasteiger partial charge in [-0.05, 0) is 43.5 Å². The lowest BCUT2D eigenvalue weighted by Crippen LogP contribution is -2.33. The lowest BCUT2D eigenvalue weighted by molar-refractivity contribution is -0.119. The number of hydrogen-bond donors (Lipinski definition) is 1. The van der Waals surface area contributed by atoms with Crippen molar-refractivity contribution in [1.82, 2.24) is 14.7 Å². The molecule has 3 aromatic rings. The van der Waals surface area contributed by atoms with Gasteiger partial charge in [-0.15, -0.1) is 0 Å². The lowest BCUT2D eigenvalue weighted by Gasteiger charge is -2.13. The van der Waals surface area contributed by atoms with Crippen LogP contribution in [-0.4, -0.2) is 27.1 Å². The highest BCUT2D eigenvalue weighted by Crippen LogP contribution is 2.29. The zero-order chi connectivity index (χ0) is 18.1. The topological polar surface area (TPSA) is 70.2 Å². The van der Waals surface area contributed by atoms with Crippen molar-refractivity contribution in [2.45, 2.75) is 43.7 Å². The van der Waals surface area contributed by atoms with E-state index in [1.54, 1.807) is 0 Å². The van der Waals surface area contributed by atoms with Crippen molar-refractivity contribution >= 4 is 34.3 Å². The van der Waals surface area contributed by atoms with Crippen molar-refractivity contribution in [3.63, 3.8) is 0 Å². The van der Waals surface area contributed by atoms with Crippen molar-refractivity contribution in [2.24, 2.45) is 0 Å². The zero-order valence-electron chi connectivity index (χ0n) is 14.7. The Bertz CT molecular complexity index is 1030.